The molecule has 0 fully saturated rings. The Morgan fingerprint density at radius 2 is 2.13 bits per heavy atom. The summed E-state index contributed by atoms with van der Waals surface area (Å²) in [5, 5.41) is 17.4. The lowest BCUT2D eigenvalue weighted by molar-refractivity contribution is 0.0939. The quantitative estimate of drug-likeness (QED) is 0.665. The first-order valence-corrected chi connectivity index (χ1v) is 8.73. The van der Waals surface area contributed by atoms with E-state index in [2.05, 4.69) is 22.6 Å². The Balaban J connectivity index is 1.71. The van der Waals surface area contributed by atoms with E-state index in [4.69, 9.17) is 5.21 Å². The molecule has 1 heterocycles. The van der Waals surface area contributed by atoms with E-state index < -0.39 is 0 Å². The number of hydrogen-bond donors (Lipinski definition) is 2. The van der Waals surface area contributed by atoms with E-state index in [0.717, 1.165) is 41.7 Å². The van der Waals surface area contributed by atoms with Gasteiger partial charge in [0.25, 0.3) is 5.91 Å². The molecule has 0 radical (unpaired) electrons. The van der Waals surface area contributed by atoms with Crippen LogP contribution >= 0.6 is 11.3 Å². The van der Waals surface area contributed by atoms with Crippen LogP contribution in [0.4, 0.5) is 0 Å². The van der Waals surface area contributed by atoms with E-state index in [-0.39, 0.29) is 11.9 Å². The highest BCUT2D eigenvalue weighted by molar-refractivity contribution is 7.12. The molecule has 4 nitrogen and oxygen atoms in total. The number of rotatable bonds is 4. The van der Waals surface area contributed by atoms with Crippen LogP contribution in [0.2, 0.25) is 0 Å². The van der Waals surface area contributed by atoms with Gasteiger partial charge in [-0.1, -0.05) is 35.5 Å². The maximum Gasteiger partial charge on any atom is 0.252 e. The molecule has 120 valence electrons. The molecular weight excluding hydrogens is 308 g/mol. The fourth-order valence-electron chi connectivity index (χ4n) is 3.03. The molecule has 2 aromatic rings. The van der Waals surface area contributed by atoms with Crippen molar-refractivity contribution in [1.82, 2.24) is 5.32 Å². The van der Waals surface area contributed by atoms with Crippen LogP contribution in [0.5, 0.6) is 0 Å². The number of hydrogen-bond acceptors (Lipinski definition) is 4. The Kier molecular flexibility index (Phi) is 4.76. The topological polar surface area (TPSA) is 61.7 Å². The molecule has 0 bridgehead atoms. The van der Waals surface area contributed by atoms with E-state index in [1.807, 2.05) is 30.5 Å². The molecule has 0 spiro atoms. The van der Waals surface area contributed by atoms with E-state index in [9.17, 15) is 4.79 Å². The minimum Gasteiger partial charge on any atom is -0.411 e. The van der Waals surface area contributed by atoms with Gasteiger partial charge in [-0.05, 0) is 43.7 Å². The van der Waals surface area contributed by atoms with Crippen LogP contribution in [0.15, 0.2) is 40.9 Å². The number of amides is 1. The first-order valence-electron chi connectivity index (χ1n) is 7.85. The zero-order chi connectivity index (χ0) is 16.2. The number of carbonyl (C=O) groups excluding carboxylic acids is 1. The summed E-state index contributed by atoms with van der Waals surface area (Å²) < 4.78 is 0. The van der Waals surface area contributed by atoms with E-state index >= 15 is 0 Å². The summed E-state index contributed by atoms with van der Waals surface area (Å²) in [6, 6.07) is 10.2. The highest BCUT2D eigenvalue weighted by atomic mass is 32.1. The monoisotopic (exact) mass is 328 g/mol. The number of thiophene rings is 1. The minimum absolute atomic E-state index is 0.0369. The second-order valence-electron chi connectivity index (χ2n) is 5.92. The summed E-state index contributed by atoms with van der Waals surface area (Å²) in [6.07, 6.45) is 3.37. The lowest BCUT2D eigenvalue weighted by Gasteiger charge is -2.16. The first kappa shape index (κ1) is 15.7. The molecule has 1 aliphatic carbocycles. The number of nitrogens with zero attached hydrogens (tertiary/aromatic N) is 1. The number of fused-ring (bicyclic) bond motifs is 1. The molecule has 23 heavy (non-hydrogen) atoms. The Morgan fingerprint density at radius 3 is 2.87 bits per heavy atom. The molecule has 2 N–H and O–H groups in total. The second-order valence-corrected chi connectivity index (χ2v) is 6.80. The van der Waals surface area contributed by atoms with Crippen LogP contribution in [0.1, 0.15) is 46.1 Å². The van der Waals surface area contributed by atoms with Gasteiger partial charge >= 0.3 is 0 Å². The number of carbonyl (C=O) groups is 1. The van der Waals surface area contributed by atoms with Gasteiger partial charge in [0.1, 0.15) is 0 Å². The lowest BCUT2D eigenvalue weighted by Crippen LogP contribution is -2.34. The highest BCUT2D eigenvalue weighted by Crippen LogP contribution is 2.30. The normalized spacial score (nSPS) is 16.8. The predicted molar refractivity (Wildman–Crippen MR) is 92.7 cm³/mol. The van der Waals surface area contributed by atoms with Gasteiger partial charge in [-0.25, -0.2) is 0 Å². The van der Waals surface area contributed by atoms with Crippen molar-refractivity contribution in [3.63, 3.8) is 0 Å². The average Bonchev–Trinajstić information content (AvgIpc) is 2.99. The molecule has 5 heteroatoms. The van der Waals surface area contributed by atoms with Gasteiger partial charge in [-0.3, -0.25) is 4.79 Å². The van der Waals surface area contributed by atoms with Crippen molar-refractivity contribution in [2.24, 2.45) is 5.16 Å². The van der Waals surface area contributed by atoms with E-state index in [0.29, 0.717) is 5.71 Å². The predicted octanol–water partition coefficient (Wildman–Crippen LogP) is 3.62. The van der Waals surface area contributed by atoms with Crippen molar-refractivity contribution in [3.05, 3.63) is 57.3 Å². The van der Waals surface area contributed by atoms with Crippen molar-refractivity contribution in [2.45, 2.75) is 38.6 Å². The zero-order valence-corrected chi connectivity index (χ0v) is 13.9. The molecule has 0 aliphatic heterocycles. The van der Waals surface area contributed by atoms with Crippen LogP contribution < -0.4 is 5.32 Å². The molecule has 1 aromatic carbocycles. The highest BCUT2D eigenvalue weighted by Gasteiger charge is 2.24. The third-order valence-electron chi connectivity index (χ3n) is 4.12. The standard InChI is InChI=1S/C18H20N2O2S/c1-12(10-13-6-3-2-4-7-13)19-18(21)15-11-23-17-14(15)8-5-9-16(17)20-22/h2-4,6-7,11-12,22H,5,8-10H2,1H3,(H,19,21)/b20-16-. The molecule has 1 aliphatic rings. The third kappa shape index (κ3) is 3.45. The number of benzene rings is 1. The number of oxime groups is 1. The Bertz CT molecular complexity index is 722. The molecule has 0 saturated carbocycles. The Hall–Kier alpha value is -2.14. The molecule has 1 amide bonds. The minimum atomic E-state index is -0.0369. The van der Waals surface area contributed by atoms with Crippen LogP contribution in [-0.4, -0.2) is 22.9 Å². The smallest absolute Gasteiger partial charge is 0.252 e. The molecule has 1 unspecified atom stereocenters. The van der Waals surface area contributed by atoms with Gasteiger partial charge < -0.3 is 10.5 Å². The largest absolute Gasteiger partial charge is 0.411 e. The third-order valence-corrected chi connectivity index (χ3v) is 5.20. The van der Waals surface area contributed by atoms with Crippen molar-refractivity contribution in [1.29, 1.82) is 0 Å². The zero-order valence-electron chi connectivity index (χ0n) is 13.1. The van der Waals surface area contributed by atoms with Crippen molar-refractivity contribution < 1.29 is 10.0 Å². The van der Waals surface area contributed by atoms with Crippen LogP contribution in [-0.2, 0) is 12.8 Å². The maximum atomic E-state index is 12.6. The molecular formula is C18H20N2O2S. The van der Waals surface area contributed by atoms with Gasteiger partial charge in [0.2, 0.25) is 0 Å². The summed E-state index contributed by atoms with van der Waals surface area (Å²) >= 11 is 1.49. The first-order chi connectivity index (χ1) is 11.2. The second kappa shape index (κ2) is 6.96. The molecule has 3 rings (SSSR count). The lowest BCUT2D eigenvalue weighted by atomic mass is 9.94. The average molecular weight is 328 g/mol. The van der Waals surface area contributed by atoms with Crippen LogP contribution in [0.25, 0.3) is 0 Å². The Labute approximate surface area is 139 Å². The van der Waals surface area contributed by atoms with Crippen molar-refractivity contribution in [2.75, 3.05) is 0 Å². The van der Waals surface area contributed by atoms with Crippen LogP contribution in [0.3, 0.4) is 0 Å². The van der Waals surface area contributed by atoms with Crippen LogP contribution in [0, 0.1) is 0 Å². The summed E-state index contributed by atoms with van der Waals surface area (Å²) in [5.41, 5.74) is 3.67. The molecule has 0 saturated heterocycles. The van der Waals surface area contributed by atoms with Gasteiger partial charge in [0.05, 0.1) is 16.2 Å². The van der Waals surface area contributed by atoms with Crippen molar-refractivity contribution in [3.8, 4) is 0 Å². The summed E-state index contributed by atoms with van der Waals surface area (Å²) in [6.45, 7) is 2.02. The van der Waals surface area contributed by atoms with Gasteiger partial charge in [0, 0.05) is 11.4 Å². The van der Waals surface area contributed by atoms with Gasteiger partial charge in [-0.15, -0.1) is 11.3 Å². The van der Waals surface area contributed by atoms with Gasteiger partial charge in [0.15, 0.2) is 0 Å². The van der Waals surface area contributed by atoms with Gasteiger partial charge in [-0.2, -0.15) is 0 Å². The molecule has 1 aromatic heterocycles. The fourth-order valence-corrected chi connectivity index (χ4v) is 4.14. The summed E-state index contributed by atoms with van der Waals surface area (Å²) in [5.74, 6) is -0.0369. The fraction of sp³-hybridized carbons (Fsp3) is 0.333. The maximum absolute atomic E-state index is 12.6. The van der Waals surface area contributed by atoms with Crippen molar-refractivity contribution >= 4 is 23.0 Å². The molecule has 1 atom stereocenters. The summed E-state index contributed by atoms with van der Waals surface area (Å²) in [7, 11) is 0. The SMILES string of the molecule is CC(Cc1ccccc1)NC(=O)c1csc2c1CCC/C2=N/O. The van der Waals surface area contributed by atoms with E-state index in [1.165, 1.54) is 16.9 Å². The summed E-state index contributed by atoms with van der Waals surface area (Å²) in [4.78, 5) is 13.5. The Morgan fingerprint density at radius 1 is 1.35 bits per heavy atom. The van der Waals surface area contributed by atoms with E-state index in [1.54, 1.807) is 0 Å². The number of nitrogens with one attached hydrogen (secondary N) is 1.